The minimum Gasteiger partial charge on any atom is -0.462 e. The van der Waals surface area contributed by atoms with Crippen molar-refractivity contribution in [2.24, 2.45) is 4.99 Å². The van der Waals surface area contributed by atoms with Crippen LogP contribution in [0.1, 0.15) is 29.3 Å². The van der Waals surface area contributed by atoms with E-state index < -0.39 is 11.2 Å². The van der Waals surface area contributed by atoms with Crippen LogP contribution in [0.5, 0.6) is 0 Å². The number of nitrogens with one attached hydrogen (secondary N) is 1. The second-order valence-corrected chi connectivity index (χ2v) is 10.0. The van der Waals surface area contributed by atoms with E-state index >= 15 is 0 Å². The van der Waals surface area contributed by atoms with Gasteiger partial charge in [0.2, 0.25) is 11.8 Å². The number of amidine groups is 1. The van der Waals surface area contributed by atoms with Crippen molar-refractivity contribution in [2.45, 2.75) is 25.1 Å². The molecule has 1 atom stereocenters. The van der Waals surface area contributed by atoms with E-state index in [4.69, 9.17) is 27.9 Å². The van der Waals surface area contributed by atoms with Crippen LogP contribution in [0, 0.1) is 0 Å². The molecule has 37 heavy (non-hydrogen) atoms. The van der Waals surface area contributed by atoms with Crippen molar-refractivity contribution < 1.29 is 19.1 Å². The Morgan fingerprint density at radius 2 is 1.68 bits per heavy atom. The van der Waals surface area contributed by atoms with E-state index in [2.05, 4.69) is 10.3 Å². The van der Waals surface area contributed by atoms with E-state index in [1.807, 2.05) is 18.2 Å². The van der Waals surface area contributed by atoms with Gasteiger partial charge in [0.05, 0.1) is 35.1 Å². The van der Waals surface area contributed by atoms with Crippen LogP contribution in [-0.2, 0) is 20.9 Å². The minimum atomic E-state index is -0.678. The average Bonchev–Trinajstić information content (AvgIpc) is 3.16. The summed E-state index contributed by atoms with van der Waals surface area (Å²) in [5.74, 6) is -1.00. The fourth-order valence-corrected chi connectivity index (χ4v) is 5.13. The molecule has 0 saturated carbocycles. The molecule has 10 heteroatoms. The number of para-hydroxylation sites is 1. The summed E-state index contributed by atoms with van der Waals surface area (Å²) in [6.45, 7) is 2.23. The Balaban J connectivity index is 1.57. The number of rotatable bonds is 8. The molecule has 1 fully saturated rings. The Bertz CT molecular complexity index is 1350. The quantitative estimate of drug-likeness (QED) is 0.328. The lowest BCUT2D eigenvalue weighted by atomic mass is 10.2. The summed E-state index contributed by atoms with van der Waals surface area (Å²) in [5.41, 5.74) is 2.19. The van der Waals surface area contributed by atoms with E-state index in [1.165, 1.54) is 16.7 Å². The van der Waals surface area contributed by atoms with E-state index in [9.17, 15) is 14.4 Å². The van der Waals surface area contributed by atoms with Gasteiger partial charge in [-0.3, -0.25) is 14.5 Å². The molecule has 1 heterocycles. The van der Waals surface area contributed by atoms with Gasteiger partial charge in [0, 0.05) is 11.4 Å². The molecule has 1 N–H and O–H groups in total. The first-order valence-electron chi connectivity index (χ1n) is 11.5. The van der Waals surface area contributed by atoms with Crippen LogP contribution in [0.4, 0.5) is 11.4 Å². The van der Waals surface area contributed by atoms with Crippen molar-refractivity contribution in [2.75, 3.05) is 11.9 Å². The highest BCUT2D eigenvalue weighted by atomic mass is 35.5. The van der Waals surface area contributed by atoms with E-state index in [-0.39, 0.29) is 31.4 Å². The summed E-state index contributed by atoms with van der Waals surface area (Å²) >= 11 is 13.7. The lowest BCUT2D eigenvalue weighted by Crippen LogP contribution is -2.33. The number of benzene rings is 3. The van der Waals surface area contributed by atoms with E-state index in [0.29, 0.717) is 32.2 Å². The maximum absolute atomic E-state index is 13.4. The molecule has 0 bridgehead atoms. The number of ether oxygens (including phenoxy) is 1. The summed E-state index contributed by atoms with van der Waals surface area (Å²) in [6, 6.07) is 20.7. The number of aliphatic imine (C=N–C) groups is 1. The number of halogens is 2. The number of hydrogen-bond donors (Lipinski definition) is 1. The lowest BCUT2D eigenvalue weighted by Gasteiger charge is -2.17. The van der Waals surface area contributed by atoms with Gasteiger partial charge >= 0.3 is 5.97 Å². The first-order chi connectivity index (χ1) is 17.9. The summed E-state index contributed by atoms with van der Waals surface area (Å²) in [4.78, 5) is 44.3. The normalized spacial score (nSPS) is 16.2. The number of hydrogen-bond acceptors (Lipinski definition) is 6. The summed E-state index contributed by atoms with van der Waals surface area (Å²) in [7, 11) is 0. The fourth-order valence-electron chi connectivity index (χ4n) is 3.60. The molecule has 1 aliphatic rings. The first kappa shape index (κ1) is 26.7. The fraction of sp³-hybridized carbons (Fsp3) is 0.185. The molecule has 3 aromatic carbocycles. The second-order valence-electron chi connectivity index (χ2n) is 8.02. The SMILES string of the molecule is CCOC(=O)c1ccc(N=C2SC(CC(=O)Nc3ccccc3Cl)C(=O)N2Cc2ccccc2Cl)cc1. The number of carbonyl (C=O) groups excluding carboxylic acids is 3. The predicted molar refractivity (Wildman–Crippen MR) is 148 cm³/mol. The van der Waals surface area contributed by atoms with Gasteiger partial charge in [0.15, 0.2) is 5.17 Å². The third-order valence-corrected chi connectivity index (χ3v) is 7.30. The highest BCUT2D eigenvalue weighted by Crippen LogP contribution is 2.34. The number of anilines is 1. The number of esters is 1. The molecule has 3 aromatic rings. The van der Waals surface area contributed by atoms with Crippen molar-refractivity contribution in [3.05, 3.63) is 94.0 Å². The Labute approximate surface area is 228 Å². The zero-order valence-corrected chi connectivity index (χ0v) is 22.1. The second kappa shape index (κ2) is 12.3. The third kappa shape index (κ3) is 6.71. The van der Waals surface area contributed by atoms with Crippen LogP contribution in [0.15, 0.2) is 77.8 Å². The summed E-state index contributed by atoms with van der Waals surface area (Å²) in [6.07, 6.45) is -0.0610. The Morgan fingerprint density at radius 3 is 2.35 bits per heavy atom. The number of carbonyl (C=O) groups is 3. The lowest BCUT2D eigenvalue weighted by molar-refractivity contribution is -0.128. The van der Waals surface area contributed by atoms with Crippen LogP contribution in [0.2, 0.25) is 10.0 Å². The molecule has 7 nitrogen and oxygen atoms in total. The van der Waals surface area contributed by atoms with Crippen LogP contribution in [0.25, 0.3) is 0 Å². The number of nitrogens with zero attached hydrogens (tertiary/aromatic N) is 2. The molecule has 0 spiro atoms. The van der Waals surface area contributed by atoms with Gasteiger partial charge in [-0.25, -0.2) is 9.79 Å². The first-order valence-corrected chi connectivity index (χ1v) is 13.1. The van der Waals surface area contributed by atoms with Gasteiger partial charge in [-0.05, 0) is 55.0 Å². The van der Waals surface area contributed by atoms with Crippen LogP contribution >= 0.6 is 35.0 Å². The van der Waals surface area contributed by atoms with Gasteiger partial charge in [-0.1, -0.05) is 65.3 Å². The maximum atomic E-state index is 13.4. The van der Waals surface area contributed by atoms with Crippen molar-refractivity contribution in [3.63, 3.8) is 0 Å². The van der Waals surface area contributed by atoms with Crippen LogP contribution < -0.4 is 5.32 Å². The highest BCUT2D eigenvalue weighted by molar-refractivity contribution is 8.15. The van der Waals surface area contributed by atoms with Gasteiger partial charge in [-0.15, -0.1) is 0 Å². The molecule has 0 aliphatic carbocycles. The van der Waals surface area contributed by atoms with Gasteiger partial charge in [-0.2, -0.15) is 0 Å². The topological polar surface area (TPSA) is 88.1 Å². The molecule has 0 aromatic heterocycles. The van der Waals surface area contributed by atoms with E-state index in [1.54, 1.807) is 61.5 Å². The molecule has 4 rings (SSSR count). The molecule has 1 aliphatic heterocycles. The Hall–Kier alpha value is -3.33. The summed E-state index contributed by atoms with van der Waals surface area (Å²) < 4.78 is 5.02. The standard InChI is InChI=1S/C27H23Cl2N3O4S/c1-2-36-26(35)17-11-13-19(14-12-17)30-27-32(16-18-7-3-4-8-20(18)28)25(34)23(37-27)15-24(33)31-22-10-6-5-9-21(22)29/h3-14,23H,2,15-16H2,1H3,(H,31,33). The predicted octanol–water partition coefficient (Wildman–Crippen LogP) is 6.33. The Kier molecular flexibility index (Phi) is 8.87. The van der Waals surface area contributed by atoms with Crippen molar-refractivity contribution in [1.82, 2.24) is 4.90 Å². The largest absolute Gasteiger partial charge is 0.462 e. The highest BCUT2D eigenvalue weighted by Gasteiger charge is 2.39. The summed E-state index contributed by atoms with van der Waals surface area (Å²) in [5, 5.41) is 3.46. The van der Waals surface area contributed by atoms with Gasteiger partial charge in [0.25, 0.3) is 0 Å². The zero-order chi connectivity index (χ0) is 26.4. The smallest absolute Gasteiger partial charge is 0.338 e. The third-order valence-electron chi connectivity index (χ3n) is 5.43. The average molecular weight is 556 g/mol. The van der Waals surface area contributed by atoms with E-state index in [0.717, 1.165) is 5.56 Å². The molecule has 2 amide bonds. The van der Waals surface area contributed by atoms with Gasteiger partial charge < -0.3 is 10.1 Å². The molecular weight excluding hydrogens is 533 g/mol. The van der Waals surface area contributed by atoms with Crippen LogP contribution in [-0.4, -0.2) is 39.7 Å². The monoisotopic (exact) mass is 555 g/mol. The molecular formula is C27H23Cl2N3O4S. The minimum absolute atomic E-state index is 0.0610. The van der Waals surface area contributed by atoms with Crippen molar-refractivity contribution in [1.29, 1.82) is 0 Å². The van der Waals surface area contributed by atoms with Crippen molar-refractivity contribution in [3.8, 4) is 0 Å². The Morgan fingerprint density at radius 1 is 1.00 bits per heavy atom. The van der Waals surface area contributed by atoms with Gasteiger partial charge in [0.1, 0.15) is 5.25 Å². The number of amides is 2. The molecule has 190 valence electrons. The van der Waals surface area contributed by atoms with Crippen molar-refractivity contribution >= 4 is 69.3 Å². The number of thioether (sulfide) groups is 1. The molecule has 1 unspecified atom stereocenters. The maximum Gasteiger partial charge on any atom is 0.338 e. The zero-order valence-electron chi connectivity index (χ0n) is 19.8. The van der Waals surface area contributed by atoms with Crippen LogP contribution in [0.3, 0.4) is 0 Å². The molecule has 0 radical (unpaired) electrons. The molecule has 1 saturated heterocycles.